The van der Waals surface area contributed by atoms with E-state index in [1.807, 2.05) is 60.7 Å². The Bertz CT molecular complexity index is 951. The first-order chi connectivity index (χ1) is 13.7. The Morgan fingerprint density at radius 1 is 1.14 bits per heavy atom. The molecule has 2 heterocycles. The third-order valence-corrected chi connectivity index (χ3v) is 5.71. The van der Waals surface area contributed by atoms with Crippen LogP contribution >= 0.6 is 11.8 Å². The fourth-order valence-electron chi connectivity index (χ4n) is 3.23. The van der Waals surface area contributed by atoms with E-state index in [-0.39, 0.29) is 18.2 Å². The molecule has 0 saturated carbocycles. The van der Waals surface area contributed by atoms with E-state index in [1.165, 1.54) is 0 Å². The Hall–Kier alpha value is -2.99. The van der Waals surface area contributed by atoms with Crippen molar-refractivity contribution in [3.05, 3.63) is 72.3 Å². The first-order valence-corrected chi connectivity index (χ1v) is 10.2. The number of hydrogen-bond acceptors (Lipinski definition) is 4. The van der Waals surface area contributed by atoms with Gasteiger partial charge in [0.05, 0.1) is 11.4 Å². The normalized spacial score (nSPS) is 15.5. The maximum atomic E-state index is 12.4. The summed E-state index contributed by atoms with van der Waals surface area (Å²) in [5, 5.41) is 6.23. The maximum absolute atomic E-state index is 12.4. The molecule has 0 fully saturated rings. The fraction of sp³-hybridized carbons (Fsp3) is 0.182. The zero-order valence-corrected chi connectivity index (χ0v) is 16.2. The molecule has 0 spiro atoms. The number of amides is 2. The number of anilines is 2. The first kappa shape index (κ1) is 18.4. The van der Waals surface area contributed by atoms with Gasteiger partial charge < -0.3 is 15.5 Å². The summed E-state index contributed by atoms with van der Waals surface area (Å²) in [6, 6.07) is 15.6. The number of rotatable bonds is 5. The van der Waals surface area contributed by atoms with Gasteiger partial charge in [-0.3, -0.25) is 9.59 Å². The standard InChI is InChI=1S/C22H21N3O2S/c26-21(12-14-25-19-6-1-2-7-20(19)28-15-22(25)27)24-17-10-8-16(9-11-17)18-5-3-4-13-23-18/h1-11,23H,12-15H2,(H,24,26). The summed E-state index contributed by atoms with van der Waals surface area (Å²) in [6.45, 7) is 1.20. The van der Waals surface area contributed by atoms with E-state index < -0.39 is 0 Å². The molecule has 2 amide bonds. The lowest BCUT2D eigenvalue weighted by molar-refractivity contribution is -0.117. The van der Waals surface area contributed by atoms with Crippen LogP contribution in [0.15, 0.2) is 71.7 Å². The van der Waals surface area contributed by atoms with Gasteiger partial charge in [0.15, 0.2) is 0 Å². The largest absolute Gasteiger partial charge is 0.381 e. The molecule has 5 nitrogen and oxygen atoms in total. The van der Waals surface area contributed by atoms with E-state index >= 15 is 0 Å². The number of benzene rings is 2. The van der Waals surface area contributed by atoms with Crippen molar-refractivity contribution in [3.63, 3.8) is 0 Å². The summed E-state index contributed by atoms with van der Waals surface area (Å²) < 4.78 is 0. The number of nitrogens with one attached hydrogen (secondary N) is 2. The Balaban J connectivity index is 1.35. The smallest absolute Gasteiger partial charge is 0.237 e. The van der Waals surface area contributed by atoms with Gasteiger partial charge in [0.25, 0.3) is 0 Å². The summed E-state index contributed by atoms with van der Waals surface area (Å²) in [5.41, 5.74) is 3.79. The highest BCUT2D eigenvalue weighted by Gasteiger charge is 2.24. The lowest BCUT2D eigenvalue weighted by Crippen LogP contribution is -2.37. The second-order valence-corrected chi connectivity index (χ2v) is 7.58. The minimum absolute atomic E-state index is 0.0446. The number of allylic oxidation sites excluding steroid dienone is 2. The van der Waals surface area contributed by atoms with Crippen LogP contribution in [0, 0.1) is 0 Å². The third kappa shape index (κ3) is 4.12. The number of carbonyl (C=O) groups is 2. The summed E-state index contributed by atoms with van der Waals surface area (Å²) in [7, 11) is 0. The molecule has 2 aliphatic heterocycles. The molecule has 28 heavy (non-hydrogen) atoms. The highest BCUT2D eigenvalue weighted by Crippen LogP contribution is 2.34. The van der Waals surface area contributed by atoms with Crippen LogP contribution < -0.4 is 15.5 Å². The van der Waals surface area contributed by atoms with Gasteiger partial charge in [-0.05, 0) is 35.9 Å². The Morgan fingerprint density at radius 2 is 1.96 bits per heavy atom. The molecule has 0 atom stereocenters. The van der Waals surface area contributed by atoms with Crippen molar-refractivity contribution in [2.24, 2.45) is 0 Å². The van der Waals surface area contributed by atoms with Crippen molar-refractivity contribution in [3.8, 4) is 0 Å². The number of para-hydroxylation sites is 1. The van der Waals surface area contributed by atoms with Crippen molar-refractivity contribution in [1.29, 1.82) is 0 Å². The van der Waals surface area contributed by atoms with Gasteiger partial charge in [-0.25, -0.2) is 0 Å². The quantitative estimate of drug-likeness (QED) is 0.817. The lowest BCUT2D eigenvalue weighted by atomic mass is 10.1. The monoisotopic (exact) mass is 391 g/mol. The second kappa shape index (κ2) is 8.35. The zero-order valence-electron chi connectivity index (χ0n) is 15.4. The Labute approximate surface area is 168 Å². The average molecular weight is 391 g/mol. The van der Waals surface area contributed by atoms with Gasteiger partial charge in [-0.1, -0.05) is 36.4 Å². The molecule has 142 valence electrons. The molecular weight excluding hydrogens is 370 g/mol. The molecule has 0 radical (unpaired) electrons. The van der Waals surface area contributed by atoms with E-state index in [0.717, 1.165) is 34.1 Å². The van der Waals surface area contributed by atoms with Crippen LogP contribution in [0.3, 0.4) is 0 Å². The highest BCUT2D eigenvalue weighted by atomic mass is 32.2. The van der Waals surface area contributed by atoms with Crippen molar-refractivity contribution >= 4 is 40.6 Å². The number of hydrogen-bond donors (Lipinski definition) is 2. The van der Waals surface area contributed by atoms with Gasteiger partial charge in [0.1, 0.15) is 0 Å². The summed E-state index contributed by atoms with van der Waals surface area (Å²) in [6.07, 6.45) is 6.37. The number of dihydropyridines is 1. The topological polar surface area (TPSA) is 61.4 Å². The van der Waals surface area contributed by atoms with Crippen molar-refractivity contribution in [2.45, 2.75) is 11.3 Å². The van der Waals surface area contributed by atoms with E-state index in [2.05, 4.69) is 16.7 Å². The van der Waals surface area contributed by atoms with Gasteiger partial charge in [0.2, 0.25) is 11.8 Å². The van der Waals surface area contributed by atoms with E-state index in [1.54, 1.807) is 16.7 Å². The summed E-state index contributed by atoms with van der Waals surface area (Å²) in [4.78, 5) is 27.4. The molecular formula is C22H21N3O2S. The van der Waals surface area contributed by atoms with E-state index in [4.69, 9.17) is 0 Å². The number of nitrogens with zero attached hydrogens (tertiary/aromatic N) is 1. The molecule has 0 aromatic heterocycles. The van der Waals surface area contributed by atoms with Crippen LogP contribution in [-0.2, 0) is 9.59 Å². The molecule has 0 bridgehead atoms. The lowest BCUT2D eigenvalue weighted by Gasteiger charge is -2.28. The molecule has 2 aliphatic rings. The molecule has 6 heteroatoms. The van der Waals surface area contributed by atoms with Crippen LogP contribution in [0.5, 0.6) is 0 Å². The van der Waals surface area contributed by atoms with Crippen molar-refractivity contribution in [2.75, 3.05) is 29.1 Å². The predicted molar refractivity (Wildman–Crippen MR) is 114 cm³/mol. The molecule has 2 aromatic rings. The molecule has 4 rings (SSSR count). The fourth-order valence-corrected chi connectivity index (χ4v) is 4.16. The highest BCUT2D eigenvalue weighted by molar-refractivity contribution is 8.00. The predicted octanol–water partition coefficient (Wildman–Crippen LogP) is 3.65. The van der Waals surface area contributed by atoms with Crippen LogP contribution in [-0.4, -0.2) is 30.7 Å². The zero-order chi connectivity index (χ0) is 19.3. The first-order valence-electron chi connectivity index (χ1n) is 9.24. The number of thioether (sulfide) groups is 1. The van der Waals surface area contributed by atoms with Crippen LogP contribution in [0.4, 0.5) is 11.4 Å². The summed E-state index contributed by atoms with van der Waals surface area (Å²) >= 11 is 1.54. The summed E-state index contributed by atoms with van der Waals surface area (Å²) in [5.74, 6) is 0.358. The van der Waals surface area contributed by atoms with Crippen LogP contribution in [0.1, 0.15) is 12.0 Å². The number of carbonyl (C=O) groups excluding carboxylic acids is 2. The maximum Gasteiger partial charge on any atom is 0.237 e. The molecule has 2 aromatic carbocycles. The molecule has 2 N–H and O–H groups in total. The molecule has 0 aliphatic carbocycles. The molecule has 0 unspecified atom stereocenters. The van der Waals surface area contributed by atoms with Gasteiger partial charge in [-0.15, -0.1) is 11.8 Å². The van der Waals surface area contributed by atoms with Crippen molar-refractivity contribution < 1.29 is 9.59 Å². The Kier molecular flexibility index (Phi) is 5.48. The van der Waals surface area contributed by atoms with Gasteiger partial charge >= 0.3 is 0 Å². The number of fused-ring (bicyclic) bond motifs is 1. The third-order valence-electron chi connectivity index (χ3n) is 4.66. The van der Waals surface area contributed by atoms with Crippen LogP contribution in [0.25, 0.3) is 5.70 Å². The SMILES string of the molecule is O=C(CCN1C(=O)CSc2ccccc21)Nc1ccc(C2=CC=CCN2)cc1. The Morgan fingerprint density at radius 3 is 2.75 bits per heavy atom. The van der Waals surface area contributed by atoms with Crippen LogP contribution in [0.2, 0.25) is 0 Å². The van der Waals surface area contributed by atoms with Gasteiger partial charge in [0, 0.05) is 35.8 Å². The average Bonchev–Trinajstić information content (AvgIpc) is 2.74. The minimum Gasteiger partial charge on any atom is -0.381 e. The van der Waals surface area contributed by atoms with Crippen molar-refractivity contribution in [1.82, 2.24) is 5.32 Å². The molecule has 0 saturated heterocycles. The second-order valence-electron chi connectivity index (χ2n) is 6.57. The van der Waals surface area contributed by atoms with E-state index in [0.29, 0.717) is 12.3 Å². The van der Waals surface area contributed by atoms with E-state index in [9.17, 15) is 9.59 Å². The minimum atomic E-state index is -0.103. The van der Waals surface area contributed by atoms with Gasteiger partial charge in [-0.2, -0.15) is 0 Å².